The third-order valence-electron chi connectivity index (χ3n) is 3.56. The van der Waals surface area contributed by atoms with Gasteiger partial charge in [-0.25, -0.2) is 0 Å². The van der Waals surface area contributed by atoms with Gasteiger partial charge in [-0.1, -0.05) is 34.6 Å². The molecule has 0 bridgehead atoms. The van der Waals surface area contributed by atoms with E-state index < -0.39 is 0 Å². The molecule has 0 fully saturated rings. The summed E-state index contributed by atoms with van der Waals surface area (Å²) >= 11 is 0. The SMILES string of the molecule is CCc1c(C(=O)NCCC(O)C(C)C)cnn1CC(C)C. The van der Waals surface area contributed by atoms with E-state index in [2.05, 4.69) is 24.3 Å². The van der Waals surface area contributed by atoms with Gasteiger partial charge in [0, 0.05) is 13.1 Å². The minimum absolute atomic E-state index is 0.0992. The average molecular weight is 295 g/mol. The zero-order valence-electron chi connectivity index (χ0n) is 13.9. The van der Waals surface area contributed by atoms with Crippen LogP contribution in [0.1, 0.15) is 57.1 Å². The quantitative estimate of drug-likeness (QED) is 0.773. The molecule has 1 aromatic heterocycles. The maximum absolute atomic E-state index is 12.2. The van der Waals surface area contributed by atoms with Crippen LogP contribution in [0, 0.1) is 11.8 Å². The summed E-state index contributed by atoms with van der Waals surface area (Å²) in [5.41, 5.74) is 1.63. The Hall–Kier alpha value is -1.36. The van der Waals surface area contributed by atoms with Crippen LogP contribution in [0.25, 0.3) is 0 Å². The predicted molar refractivity (Wildman–Crippen MR) is 84.2 cm³/mol. The first kappa shape index (κ1) is 17.7. The number of rotatable bonds is 8. The van der Waals surface area contributed by atoms with E-state index in [-0.39, 0.29) is 17.9 Å². The summed E-state index contributed by atoms with van der Waals surface area (Å²) in [5, 5.41) is 16.9. The molecule has 1 heterocycles. The molecule has 5 heteroatoms. The lowest BCUT2D eigenvalue weighted by atomic mass is 10.0. The normalized spacial score (nSPS) is 13.0. The first-order valence-electron chi connectivity index (χ1n) is 7.87. The van der Waals surface area contributed by atoms with Gasteiger partial charge in [-0.15, -0.1) is 0 Å². The first-order chi connectivity index (χ1) is 9.86. The van der Waals surface area contributed by atoms with Crippen molar-refractivity contribution in [3.05, 3.63) is 17.5 Å². The highest BCUT2D eigenvalue weighted by molar-refractivity contribution is 5.95. The zero-order valence-corrected chi connectivity index (χ0v) is 13.9. The maximum atomic E-state index is 12.2. The van der Waals surface area contributed by atoms with Crippen LogP contribution in [-0.2, 0) is 13.0 Å². The van der Waals surface area contributed by atoms with Crippen LogP contribution in [0.5, 0.6) is 0 Å². The van der Waals surface area contributed by atoms with Gasteiger partial charge < -0.3 is 10.4 Å². The van der Waals surface area contributed by atoms with Gasteiger partial charge in [0.15, 0.2) is 0 Å². The van der Waals surface area contributed by atoms with E-state index in [0.29, 0.717) is 24.4 Å². The van der Waals surface area contributed by atoms with Crippen LogP contribution in [0.15, 0.2) is 6.20 Å². The molecule has 0 aliphatic rings. The molecule has 0 saturated heterocycles. The van der Waals surface area contributed by atoms with E-state index in [9.17, 15) is 9.90 Å². The van der Waals surface area contributed by atoms with Gasteiger partial charge in [0.25, 0.3) is 5.91 Å². The fraction of sp³-hybridized carbons (Fsp3) is 0.750. The minimum Gasteiger partial charge on any atom is -0.393 e. The zero-order chi connectivity index (χ0) is 16.0. The summed E-state index contributed by atoms with van der Waals surface area (Å²) in [6.07, 6.45) is 2.63. The molecule has 5 nitrogen and oxygen atoms in total. The Morgan fingerprint density at radius 2 is 2.05 bits per heavy atom. The molecule has 1 unspecified atom stereocenters. The topological polar surface area (TPSA) is 67.2 Å². The molecule has 0 aliphatic heterocycles. The second kappa shape index (κ2) is 8.17. The lowest BCUT2D eigenvalue weighted by molar-refractivity contribution is 0.0919. The lowest BCUT2D eigenvalue weighted by Gasteiger charge is -2.14. The molecule has 2 N–H and O–H groups in total. The van der Waals surface area contributed by atoms with Gasteiger partial charge in [0.1, 0.15) is 0 Å². The number of aliphatic hydroxyl groups excluding tert-OH is 1. The van der Waals surface area contributed by atoms with Crippen LogP contribution < -0.4 is 5.32 Å². The van der Waals surface area contributed by atoms with Crippen molar-refractivity contribution in [2.45, 2.75) is 60.1 Å². The molecule has 1 amide bonds. The van der Waals surface area contributed by atoms with Crippen molar-refractivity contribution >= 4 is 5.91 Å². The van der Waals surface area contributed by atoms with Crippen molar-refractivity contribution in [1.29, 1.82) is 0 Å². The molecule has 1 rings (SSSR count). The highest BCUT2D eigenvalue weighted by atomic mass is 16.3. The van der Waals surface area contributed by atoms with Crippen molar-refractivity contribution < 1.29 is 9.90 Å². The Morgan fingerprint density at radius 1 is 1.38 bits per heavy atom. The number of amides is 1. The summed E-state index contributed by atoms with van der Waals surface area (Å²) in [6, 6.07) is 0. The van der Waals surface area contributed by atoms with E-state index in [1.54, 1.807) is 6.20 Å². The van der Waals surface area contributed by atoms with Gasteiger partial charge in [-0.2, -0.15) is 5.10 Å². The van der Waals surface area contributed by atoms with Crippen LogP contribution >= 0.6 is 0 Å². The molecule has 1 aromatic rings. The summed E-state index contributed by atoms with van der Waals surface area (Å²) in [5.74, 6) is 0.604. The fourth-order valence-corrected chi connectivity index (χ4v) is 2.24. The third-order valence-corrected chi connectivity index (χ3v) is 3.56. The van der Waals surface area contributed by atoms with Gasteiger partial charge in [-0.05, 0) is 24.7 Å². The number of aliphatic hydroxyl groups is 1. The molecule has 1 atom stereocenters. The fourth-order valence-electron chi connectivity index (χ4n) is 2.24. The van der Waals surface area contributed by atoms with E-state index in [1.807, 2.05) is 25.5 Å². The predicted octanol–water partition coefficient (Wildman–Crippen LogP) is 2.24. The number of nitrogens with one attached hydrogen (secondary N) is 1. The third kappa shape index (κ3) is 5.16. The highest BCUT2D eigenvalue weighted by Crippen LogP contribution is 2.12. The summed E-state index contributed by atoms with van der Waals surface area (Å²) in [4.78, 5) is 12.2. The van der Waals surface area contributed by atoms with Gasteiger partial charge in [0.05, 0.1) is 23.6 Å². The van der Waals surface area contributed by atoms with E-state index in [1.165, 1.54) is 0 Å². The smallest absolute Gasteiger partial charge is 0.254 e. The van der Waals surface area contributed by atoms with Crippen LogP contribution in [0.3, 0.4) is 0 Å². The number of aromatic nitrogens is 2. The van der Waals surface area contributed by atoms with Crippen molar-refractivity contribution in [2.24, 2.45) is 11.8 Å². The largest absolute Gasteiger partial charge is 0.393 e. The Bertz CT molecular complexity index is 452. The van der Waals surface area contributed by atoms with E-state index in [4.69, 9.17) is 0 Å². The molecule has 0 radical (unpaired) electrons. The first-order valence-corrected chi connectivity index (χ1v) is 7.87. The molecule has 120 valence electrons. The Labute approximate surface area is 127 Å². The number of carbonyl (C=O) groups is 1. The number of hydrogen-bond donors (Lipinski definition) is 2. The Kier molecular flexibility index (Phi) is 6.89. The van der Waals surface area contributed by atoms with Crippen LogP contribution in [0.2, 0.25) is 0 Å². The van der Waals surface area contributed by atoms with Crippen molar-refractivity contribution in [1.82, 2.24) is 15.1 Å². The summed E-state index contributed by atoms with van der Waals surface area (Å²) in [6.45, 7) is 11.5. The van der Waals surface area contributed by atoms with Crippen molar-refractivity contribution in [3.63, 3.8) is 0 Å². The molecule has 0 aromatic carbocycles. The molecule has 0 spiro atoms. The Morgan fingerprint density at radius 3 is 2.57 bits per heavy atom. The van der Waals surface area contributed by atoms with Crippen LogP contribution in [0.4, 0.5) is 0 Å². The maximum Gasteiger partial charge on any atom is 0.254 e. The molecule has 0 saturated carbocycles. The Balaban J connectivity index is 2.64. The second-order valence-electron chi connectivity index (χ2n) is 6.29. The highest BCUT2D eigenvalue weighted by Gasteiger charge is 2.17. The minimum atomic E-state index is -0.375. The lowest BCUT2D eigenvalue weighted by Crippen LogP contribution is -2.29. The van der Waals surface area contributed by atoms with Gasteiger partial charge >= 0.3 is 0 Å². The van der Waals surface area contributed by atoms with Gasteiger partial charge in [-0.3, -0.25) is 9.48 Å². The standard InChI is InChI=1S/C16H29N3O2/c1-6-14-13(9-18-19(14)10-11(2)3)16(21)17-8-7-15(20)12(4)5/h9,11-12,15,20H,6-8,10H2,1-5H3,(H,17,21). The van der Waals surface area contributed by atoms with Crippen molar-refractivity contribution in [3.8, 4) is 0 Å². The average Bonchev–Trinajstić information content (AvgIpc) is 2.80. The number of nitrogens with zero attached hydrogens (tertiary/aromatic N) is 2. The molecule has 21 heavy (non-hydrogen) atoms. The molecular formula is C16H29N3O2. The molecule has 0 aliphatic carbocycles. The summed E-state index contributed by atoms with van der Waals surface area (Å²) < 4.78 is 1.92. The van der Waals surface area contributed by atoms with E-state index >= 15 is 0 Å². The van der Waals surface area contributed by atoms with Crippen LogP contribution in [-0.4, -0.2) is 33.4 Å². The number of hydrogen-bond acceptors (Lipinski definition) is 3. The second-order valence-corrected chi connectivity index (χ2v) is 6.29. The molecular weight excluding hydrogens is 266 g/mol. The van der Waals surface area contributed by atoms with E-state index in [0.717, 1.165) is 18.7 Å². The number of carbonyl (C=O) groups excluding carboxylic acids is 1. The summed E-state index contributed by atoms with van der Waals surface area (Å²) in [7, 11) is 0. The van der Waals surface area contributed by atoms with Crippen molar-refractivity contribution in [2.75, 3.05) is 6.54 Å². The van der Waals surface area contributed by atoms with Gasteiger partial charge in [0.2, 0.25) is 0 Å². The monoisotopic (exact) mass is 295 g/mol.